The Morgan fingerprint density at radius 3 is 2.50 bits per heavy atom. The first-order valence-corrected chi connectivity index (χ1v) is 7.46. The number of aryl methyl sites for hydroxylation is 2. The largest absolute Gasteiger partial charge is 0.497 e. The smallest absolute Gasteiger partial charge is 0.118 e. The fourth-order valence-corrected chi connectivity index (χ4v) is 2.68. The second-order valence-corrected chi connectivity index (χ2v) is 5.78. The van der Waals surface area contributed by atoms with Crippen LogP contribution in [0.1, 0.15) is 29.2 Å². The van der Waals surface area contributed by atoms with Crippen LogP contribution in [-0.2, 0) is 6.42 Å². The molecule has 3 heteroatoms. The molecule has 0 heterocycles. The average Bonchev–Trinajstić information content (AvgIpc) is 2.47. The molecule has 106 valence electrons. The van der Waals surface area contributed by atoms with Crippen LogP contribution in [0.3, 0.4) is 0 Å². The maximum Gasteiger partial charge on any atom is 0.118 e. The summed E-state index contributed by atoms with van der Waals surface area (Å²) in [6, 6.07) is 14.0. The highest BCUT2D eigenvalue weighted by atomic mass is 79.9. The second-order valence-electron chi connectivity index (χ2n) is 4.93. The van der Waals surface area contributed by atoms with Gasteiger partial charge in [0, 0.05) is 4.47 Å². The van der Waals surface area contributed by atoms with Gasteiger partial charge in [-0.05, 0) is 49.1 Å². The highest BCUT2D eigenvalue weighted by molar-refractivity contribution is 9.10. The van der Waals surface area contributed by atoms with E-state index >= 15 is 0 Å². The molecule has 2 rings (SSSR count). The third kappa shape index (κ3) is 3.84. The van der Waals surface area contributed by atoms with E-state index in [2.05, 4.69) is 15.9 Å². The minimum absolute atomic E-state index is 0.452. The molecule has 20 heavy (non-hydrogen) atoms. The Bertz CT molecular complexity index is 564. The molecule has 2 aromatic carbocycles. The van der Waals surface area contributed by atoms with Gasteiger partial charge in [0.05, 0.1) is 13.2 Å². The molecule has 1 unspecified atom stereocenters. The first-order valence-electron chi connectivity index (χ1n) is 6.67. The highest BCUT2D eigenvalue weighted by Gasteiger charge is 2.11. The van der Waals surface area contributed by atoms with Gasteiger partial charge in [-0.2, -0.15) is 0 Å². The summed E-state index contributed by atoms with van der Waals surface area (Å²) in [4.78, 5) is 0. The van der Waals surface area contributed by atoms with E-state index in [-0.39, 0.29) is 0 Å². The van der Waals surface area contributed by atoms with Crippen molar-refractivity contribution in [1.29, 1.82) is 0 Å². The van der Waals surface area contributed by atoms with E-state index in [0.717, 1.165) is 27.8 Å². The van der Waals surface area contributed by atoms with Crippen molar-refractivity contribution in [3.63, 3.8) is 0 Å². The summed E-state index contributed by atoms with van der Waals surface area (Å²) in [5.41, 5.74) is 3.32. The number of ether oxygens (including phenoxy) is 1. The summed E-state index contributed by atoms with van der Waals surface area (Å²) in [6.45, 7) is 2.03. The quantitative estimate of drug-likeness (QED) is 0.876. The first-order chi connectivity index (χ1) is 9.60. The molecule has 0 fully saturated rings. The van der Waals surface area contributed by atoms with Crippen molar-refractivity contribution < 1.29 is 9.84 Å². The summed E-state index contributed by atoms with van der Waals surface area (Å²) in [5.74, 6) is 0.857. The van der Waals surface area contributed by atoms with E-state index in [1.54, 1.807) is 7.11 Å². The second kappa shape index (κ2) is 6.91. The Labute approximate surface area is 128 Å². The zero-order valence-corrected chi connectivity index (χ0v) is 13.4. The van der Waals surface area contributed by atoms with Crippen molar-refractivity contribution in [3.8, 4) is 5.75 Å². The molecule has 0 amide bonds. The van der Waals surface area contributed by atoms with Gasteiger partial charge in [0.2, 0.25) is 0 Å². The van der Waals surface area contributed by atoms with Crippen molar-refractivity contribution in [2.75, 3.05) is 7.11 Å². The minimum Gasteiger partial charge on any atom is -0.497 e. The minimum atomic E-state index is -0.452. The molecule has 1 atom stereocenters. The van der Waals surface area contributed by atoms with Crippen LogP contribution in [0.15, 0.2) is 46.9 Å². The van der Waals surface area contributed by atoms with Gasteiger partial charge in [0.1, 0.15) is 5.75 Å². The van der Waals surface area contributed by atoms with E-state index in [4.69, 9.17) is 4.74 Å². The van der Waals surface area contributed by atoms with Gasteiger partial charge >= 0.3 is 0 Å². The third-order valence-electron chi connectivity index (χ3n) is 3.38. The molecular weight excluding hydrogens is 316 g/mol. The lowest BCUT2D eigenvalue weighted by Crippen LogP contribution is -2.01. The fourth-order valence-electron chi connectivity index (χ4n) is 2.17. The monoisotopic (exact) mass is 334 g/mol. The summed E-state index contributed by atoms with van der Waals surface area (Å²) < 4.78 is 6.10. The number of hydrogen-bond acceptors (Lipinski definition) is 2. The van der Waals surface area contributed by atoms with Gasteiger partial charge in [-0.25, -0.2) is 0 Å². The molecule has 0 bridgehead atoms. The van der Waals surface area contributed by atoms with Crippen LogP contribution in [0, 0.1) is 6.92 Å². The number of rotatable bonds is 5. The van der Waals surface area contributed by atoms with Gasteiger partial charge in [0.25, 0.3) is 0 Å². The molecule has 2 aromatic rings. The number of aliphatic hydroxyl groups is 1. The predicted octanol–water partition coefficient (Wildman–Crippen LogP) is 4.43. The van der Waals surface area contributed by atoms with Crippen molar-refractivity contribution in [2.24, 2.45) is 0 Å². The first kappa shape index (κ1) is 15.1. The van der Waals surface area contributed by atoms with Crippen molar-refractivity contribution >= 4 is 15.9 Å². The molecule has 2 nitrogen and oxygen atoms in total. The van der Waals surface area contributed by atoms with Gasteiger partial charge in [-0.3, -0.25) is 0 Å². The van der Waals surface area contributed by atoms with Crippen molar-refractivity contribution in [2.45, 2.75) is 25.9 Å². The molecule has 0 saturated heterocycles. The molecule has 0 aromatic heterocycles. The van der Waals surface area contributed by atoms with Crippen LogP contribution in [0.4, 0.5) is 0 Å². The SMILES string of the molecule is COc1ccc(CCC(O)c2cc(C)ccc2Br)cc1. The number of aliphatic hydroxyl groups excluding tert-OH is 1. The van der Waals surface area contributed by atoms with Crippen LogP contribution in [0.25, 0.3) is 0 Å². The third-order valence-corrected chi connectivity index (χ3v) is 4.10. The predicted molar refractivity (Wildman–Crippen MR) is 85.2 cm³/mol. The maximum atomic E-state index is 10.3. The van der Waals surface area contributed by atoms with Crippen LogP contribution in [0.2, 0.25) is 0 Å². The lowest BCUT2D eigenvalue weighted by molar-refractivity contribution is 0.167. The zero-order valence-electron chi connectivity index (χ0n) is 11.8. The Hall–Kier alpha value is -1.32. The molecule has 0 aliphatic heterocycles. The fraction of sp³-hybridized carbons (Fsp3) is 0.294. The lowest BCUT2D eigenvalue weighted by atomic mass is 10.00. The Morgan fingerprint density at radius 1 is 1.15 bits per heavy atom. The number of halogens is 1. The van der Waals surface area contributed by atoms with Crippen LogP contribution >= 0.6 is 15.9 Å². The van der Waals surface area contributed by atoms with Gasteiger partial charge in [-0.1, -0.05) is 45.8 Å². The molecule has 0 aliphatic carbocycles. The lowest BCUT2D eigenvalue weighted by Gasteiger charge is -2.14. The number of hydrogen-bond donors (Lipinski definition) is 1. The van der Waals surface area contributed by atoms with Crippen molar-refractivity contribution in [1.82, 2.24) is 0 Å². The van der Waals surface area contributed by atoms with Crippen LogP contribution < -0.4 is 4.74 Å². The Kier molecular flexibility index (Phi) is 5.21. The normalized spacial score (nSPS) is 12.2. The topological polar surface area (TPSA) is 29.5 Å². The van der Waals surface area contributed by atoms with E-state index in [1.165, 1.54) is 5.56 Å². The average molecular weight is 335 g/mol. The molecule has 0 saturated carbocycles. The Morgan fingerprint density at radius 2 is 1.85 bits per heavy atom. The van der Waals surface area contributed by atoms with Gasteiger partial charge in [0.15, 0.2) is 0 Å². The molecular formula is C17H19BrO2. The van der Waals surface area contributed by atoms with Crippen molar-refractivity contribution in [3.05, 3.63) is 63.6 Å². The molecule has 0 aliphatic rings. The summed E-state index contributed by atoms with van der Waals surface area (Å²) in [7, 11) is 1.66. The van der Waals surface area contributed by atoms with E-state index in [1.807, 2.05) is 49.4 Å². The summed E-state index contributed by atoms with van der Waals surface area (Å²) >= 11 is 3.50. The molecule has 0 radical (unpaired) electrons. The summed E-state index contributed by atoms with van der Waals surface area (Å²) in [6.07, 6.45) is 1.09. The Balaban J connectivity index is 2.00. The maximum absolute atomic E-state index is 10.3. The molecule has 0 spiro atoms. The number of benzene rings is 2. The number of methoxy groups -OCH3 is 1. The molecule has 1 N–H and O–H groups in total. The van der Waals surface area contributed by atoms with E-state index in [0.29, 0.717) is 6.42 Å². The van der Waals surface area contributed by atoms with Crippen LogP contribution in [-0.4, -0.2) is 12.2 Å². The standard InChI is InChI=1S/C17H19BrO2/c1-12-3-9-16(18)15(11-12)17(19)10-6-13-4-7-14(20-2)8-5-13/h3-5,7-9,11,17,19H,6,10H2,1-2H3. The highest BCUT2D eigenvalue weighted by Crippen LogP contribution is 2.27. The van der Waals surface area contributed by atoms with E-state index < -0.39 is 6.10 Å². The van der Waals surface area contributed by atoms with E-state index in [9.17, 15) is 5.11 Å². The van der Waals surface area contributed by atoms with Gasteiger partial charge < -0.3 is 9.84 Å². The van der Waals surface area contributed by atoms with Crippen LogP contribution in [0.5, 0.6) is 5.75 Å². The van der Waals surface area contributed by atoms with Gasteiger partial charge in [-0.15, -0.1) is 0 Å². The zero-order chi connectivity index (χ0) is 14.5. The summed E-state index contributed by atoms with van der Waals surface area (Å²) in [5, 5.41) is 10.3.